The van der Waals surface area contributed by atoms with Gasteiger partial charge in [0, 0.05) is 12.2 Å². The molecule has 0 saturated carbocycles. The summed E-state index contributed by atoms with van der Waals surface area (Å²) in [6.45, 7) is 2.56. The number of amides is 1. The summed E-state index contributed by atoms with van der Waals surface area (Å²) in [5.41, 5.74) is 3.82. The number of aromatic nitrogens is 4. The molecule has 1 amide bonds. The monoisotopic (exact) mass is 384 g/mol. The van der Waals surface area contributed by atoms with E-state index in [1.807, 2.05) is 60.4 Å². The summed E-state index contributed by atoms with van der Waals surface area (Å²) in [6.07, 6.45) is 4.11. The standard InChI is InChI=1S/C22H20N6O/c1-15(22(29)27-12-11-16-7-5-6-10-19(16)27)26-20-18-13-25-28(21(18)24-14-23-20)17-8-3-2-4-9-17/h2-10,13-15H,11-12H2,1H3,(H,23,24,26). The molecule has 1 atom stereocenters. The first-order valence-corrected chi connectivity index (χ1v) is 9.62. The molecule has 5 rings (SSSR count). The van der Waals surface area contributed by atoms with Crippen LogP contribution >= 0.6 is 0 Å². The largest absolute Gasteiger partial charge is 0.358 e. The van der Waals surface area contributed by atoms with Gasteiger partial charge >= 0.3 is 0 Å². The van der Waals surface area contributed by atoms with Crippen molar-refractivity contribution in [3.8, 4) is 5.69 Å². The third-order valence-corrected chi connectivity index (χ3v) is 5.24. The number of nitrogens with zero attached hydrogens (tertiary/aromatic N) is 5. The van der Waals surface area contributed by atoms with Crippen molar-refractivity contribution in [2.75, 3.05) is 16.8 Å². The molecule has 7 heteroatoms. The average Bonchev–Trinajstić information content (AvgIpc) is 3.39. The lowest BCUT2D eigenvalue weighted by atomic mass is 10.2. The van der Waals surface area contributed by atoms with Crippen LogP contribution in [0, 0.1) is 0 Å². The number of para-hydroxylation sites is 2. The molecule has 144 valence electrons. The number of hydrogen-bond donors (Lipinski definition) is 1. The van der Waals surface area contributed by atoms with Crippen LogP contribution < -0.4 is 10.2 Å². The molecule has 2 aromatic heterocycles. The van der Waals surface area contributed by atoms with E-state index in [0.717, 1.165) is 23.2 Å². The van der Waals surface area contributed by atoms with Crippen molar-refractivity contribution in [1.29, 1.82) is 0 Å². The van der Waals surface area contributed by atoms with Gasteiger partial charge in [0.1, 0.15) is 18.2 Å². The molecule has 0 radical (unpaired) electrons. The van der Waals surface area contributed by atoms with Gasteiger partial charge in [0.05, 0.1) is 17.3 Å². The Balaban J connectivity index is 1.42. The van der Waals surface area contributed by atoms with E-state index in [9.17, 15) is 4.79 Å². The molecule has 4 aromatic rings. The van der Waals surface area contributed by atoms with Crippen molar-refractivity contribution in [1.82, 2.24) is 19.7 Å². The Bertz CT molecular complexity index is 1190. The molecule has 0 aliphatic carbocycles. The fourth-order valence-corrected chi connectivity index (χ4v) is 3.78. The summed E-state index contributed by atoms with van der Waals surface area (Å²) in [4.78, 5) is 23.7. The number of carbonyl (C=O) groups is 1. The topological polar surface area (TPSA) is 75.9 Å². The van der Waals surface area contributed by atoms with E-state index < -0.39 is 6.04 Å². The van der Waals surface area contributed by atoms with Crippen LogP contribution in [0.2, 0.25) is 0 Å². The van der Waals surface area contributed by atoms with E-state index in [0.29, 0.717) is 18.0 Å². The van der Waals surface area contributed by atoms with Gasteiger partial charge in [0.2, 0.25) is 5.91 Å². The number of carbonyl (C=O) groups excluding carboxylic acids is 1. The third kappa shape index (κ3) is 3.00. The second kappa shape index (κ2) is 7.01. The first-order chi connectivity index (χ1) is 14.2. The lowest BCUT2D eigenvalue weighted by Crippen LogP contribution is -2.40. The summed E-state index contributed by atoms with van der Waals surface area (Å²) >= 11 is 0. The van der Waals surface area contributed by atoms with Gasteiger partial charge in [0.15, 0.2) is 5.65 Å². The minimum Gasteiger partial charge on any atom is -0.358 e. The molecule has 0 bridgehead atoms. The predicted molar refractivity (Wildman–Crippen MR) is 112 cm³/mol. The van der Waals surface area contributed by atoms with E-state index >= 15 is 0 Å². The van der Waals surface area contributed by atoms with Gasteiger partial charge in [-0.2, -0.15) is 5.10 Å². The van der Waals surface area contributed by atoms with Crippen molar-refractivity contribution in [3.05, 3.63) is 72.7 Å². The second-order valence-corrected chi connectivity index (χ2v) is 7.09. The van der Waals surface area contributed by atoms with Crippen molar-refractivity contribution in [3.63, 3.8) is 0 Å². The highest BCUT2D eigenvalue weighted by Gasteiger charge is 2.28. The highest BCUT2D eigenvalue weighted by molar-refractivity contribution is 6.01. The third-order valence-electron chi connectivity index (χ3n) is 5.24. The maximum absolute atomic E-state index is 13.1. The zero-order valence-corrected chi connectivity index (χ0v) is 16.0. The van der Waals surface area contributed by atoms with Gasteiger partial charge in [-0.3, -0.25) is 4.79 Å². The maximum Gasteiger partial charge on any atom is 0.249 e. The second-order valence-electron chi connectivity index (χ2n) is 7.09. The Morgan fingerprint density at radius 1 is 1.07 bits per heavy atom. The summed E-state index contributed by atoms with van der Waals surface area (Å²) in [7, 11) is 0. The number of nitrogens with one attached hydrogen (secondary N) is 1. The smallest absolute Gasteiger partial charge is 0.249 e. The molecule has 1 N–H and O–H groups in total. The highest BCUT2D eigenvalue weighted by atomic mass is 16.2. The highest BCUT2D eigenvalue weighted by Crippen LogP contribution is 2.29. The van der Waals surface area contributed by atoms with Gasteiger partial charge in [0.25, 0.3) is 0 Å². The van der Waals surface area contributed by atoms with Crippen LogP contribution in [-0.4, -0.2) is 38.2 Å². The average molecular weight is 384 g/mol. The van der Waals surface area contributed by atoms with Crippen molar-refractivity contribution >= 4 is 28.4 Å². The Morgan fingerprint density at radius 2 is 1.86 bits per heavy atom. The van der Waals surface area contributed by atoms with Crippen molar-refractivity contribution in [2.24, 2.45) is 0 Å². The van der Waals surface area contributed by atoms with E-state index in [-0.39, 0.29) is 5.91 Å². The summed E-state index contributed by atoms with van der Waals surface area (Å²) in [5, 5.41) is 8.50. The Hall–Kier alpha value is -3.74. The number of hydrogen-bond acceptors (Lipinski definition) is 5. The Kier molecular flexibility index (Phi) is 4.20. The van der Waals surface area contributed by atoms with Gasteiger partial charge in [-0.05, 0) is 37.1 Å². The predicted octanol–water partition coefficient (Wildman–Crippen LogP) is 3.21. The Labute approximate surface area is 168 Å². The van der Waals surface area contributed by atoms with Crippen LogP contribution in [0.5, 0.6) is 0 Å². The van der Waals surface area contributed by atoms with Gasteiger partial charge in [-0.1, -0.05) is 36.4 Å². The fourth-order valence-electron chi connectivity index (χ4n) is 3.78. The zero-order valence-electron chi connectivity index (χ0n) is 16.0. The van der Waals surface area contributed by atoms with Crippen LogP contribution in [-0.2, 0) is 11.2 Å². The maximum atomic E-state index is 13.1. The fraction of sp³-hybridized carbons (Fsp3) is 0.182. The van der Waals surface area contributed by atoms with E-state index in [4.69, 9.17) is 0 Å². The van der Waals surface area contributed by atoms with Crippen LogP contribution in [0.15, 0.2) is 67.1 Å². The minimum atomic E-state index is -0.431. The van der Waals surface area contributed by atoms with E-state index in [1.165, 1.54) is 11.9 Å². The lowest BCUT2D eigenvalue weighted by Gasteiger charge is -2.22. The zero-order chi connectivity index (χ0) is 19.8. The van der Waals surface area contributed by atoms with Crippen LogP contribution in [0.3, 0.4) is 0 Å². The molecular weight excluding hydrogens is 364 g/mol. The van der Waals surface area contributed by atoms with Gasteiger partial charge in [-0.25, -0.2) is 14.6 Å². The molecule has 1 unspecified atom stereocenters. The molecule has 1 aliphatic rings. The van der Waals surface area contributed by atoms with Gasteiger partial charge in [-0.15, -0.1) is 0 Å². The number of rotatable bonds is 4. The number of fused-ring (bicyclic) bond motifs is 2. The minimum absolute atomic E-state index is 0.0252. The van der Waals surface area contributed by atoms with E-state index in [1.54, 1.807) is 10.9 Å². The Morgan fingerprint density at radius 3 is 2.72 bits per heavy atom. The van der Waals surface area contributed by atoms with Crippen molar-refractivity contribution < 1.29 is 4.79 Å². The molecule has 0 spiro atoms. The van der Waals surface area contributed by atoms with Crippen LogP contribution in [0.1, 0.15) is 12.5 Å². The molecule has 1 aliphatic heterocycles. The van der Waals surface area contributed by atoms with Crippen LogP contribution in [0.4, 0.5) is 11.5 Å². The van der Waals surface area contributed by atoms with Gasteiger partial charge < -0.3 is 10.2 Å². The lowest BCUT2D eigenvalue weighted by molar-refractivity contribution is -0.118. The molecule has 0 fully saturated rings. The first kappa shape index (κ1) is 17.4. The molecule has 7 nitrogen and oxygen atoms in total. The summed E-state index contributed by atoms with van der Waals surface area (Å²) < 4.78 is 1.77. The van der Waals surface area contributed by atoms with Crippen molar-refractivity contribution in [2.45, 2.75) is 19.4 Å². The number of benzene rings is 2. The quantitative estimate of drug-likeness (QED) is 0.585. The molecule has 3 heterocycles. The number of anilines is 2. The molecule has 29 heavy (non-hydrogen) atoms. The van der Waals surface area contributed by atoms with E-state index in [2.05, 4.69) is 26.4 Å². The molecular formula is C22H20N6O. The first-order valence-electron chi connectivity index (χ1n) is 9.62. The molecule has 2 aromatic carbocycles. The SMILES string of the molecule is CC(Nc1ncnc2c1cnn2-c1ccccc1)C(=O)N1CCc2ccccc21. The normalized spacial score (nSPS) is 14.0. The summed E-state index contributed by atoms with van der Waals surface area (Å²) in [6, 6.07) is 17.4. The molecule has 0 saturated heterocycles. The van der Waals surface area contributed by atoms with Crippen LogP contribution in [0.25, 0.3) is 16.7 Å². The summed E-state index contributed by atoms with van der Waals surface area (Å²) in [5.74, 6) is 0.627.